The van der Waals surface area contributed by atoms with Gasteiger partial charge in [0.05, 0.1) is 11.6 Å². The van der Waals surface area contributed by atoms with Crippen LogP contribution in [-0.4, -0.2) is 77.4 Å². The summed E-state index contributed by atoms with van der Waals surface area (Å²) >= 11 is 1.82. The Hall–Kier alpha value is -0.580. The van der Waals surface area contributed by atoms with E-state index in [0.29, 0.717) is 6.04 Å². The number of methoxy groups -OCH3 is 1. The molecule has 0 atom stereocenters. The lowest BCUT2D eigenvalue weighted by Gasteiger charge is -2.33. The zero-order chi connectivity index (χ0) is 17.2. The van der Waals surface area contributed by atoms with E-state index in [1.165, 1.54) is 5.00 Å². The fourth-order valence-corrected chi connectivity index (χ4v) is 3.59. The number of guanidine groups is 1. The normalized spacial score (nSPS) is 16.0. The van der Waals surface area contributed by atoms with Crippen LogP contribution >= 0.6 is 35.3 Å². The first kappa shape index (κ1) is 22.5. The summed E-state index contributed by atoms with van der Waals surface area (Å²) in [7, 11) is 5.68. The van der Waals surface area contributed by atoms with Crippen LogP contribution in [0.5, 0.6) is 0 Å². The van der Waals surface area contributed by atoms with Gasteiger partial charge in [-0.3, -0.25) is 4.99 Å². The predicted molar refractivity (Wildman–Crippen MR) is 119 cm³/mol. The Labute approximate surface area is 173 Å². The largest absolute Gasteiger partial charge is 0.383 e. The van der Waals surface area contributed by atoms with E-state index in [2.05, 4.69) is 50.0 Å². The molecule has 0 spiro atoms. The fraction of sp³-hybridized carbons (Fsp3) is 0.706. The number of piperidine rings is 1. The first-order valence-corrected chi connectivity index (χ1v) is 9.54. The Morgan fingerprint density at radius 2 is 2.16 bits per heavy atom. The van der Waals surface area contributed by atoms with Crippen LogP contribution in [0.25, 0.3) is 0 Å². The first-order chi connectivity index (χ1) is 11.7. The zero-order valence-electron chi connectivity index (χ0n) is 15.5. The van der Waals surface area contributed by atoms with Gasteiger partial charge in [0.15, 0.2) is 5.96 Å². The lowest BCUT2D eigenvalue weighted by molar-refractivity contribution is 0.162. The monoisotopic (exact) mass is 481 g/mol. The number of anilines is 1. The molecule has 1 saturated heterocycles. The molecule has 1 aliphatic rings. The SMILES string of the molecule is CN=C(NCCN(C)CCOC)NC1CCN(c2cccs2)CC1.I. The average Bonchev–Trinajstić information content (AvgIpc) is 3.14. The molecule has 2 heterocycles. The number of rotatable bonds is 8. The fourth-order valence-electron chi connectivity index (χ4n) is 2.81. The minimum absolute atomic E-state index is 0. The lowest BCUT2D eigenvalue weighted by atomic mass is 10.1. The summed E-state index contributed by atoms with van der Waals surface area (Å²) in [4.78, 5) is 9.08. The van der Waals surface area contributed by atoms with Crippen molar-refractivity contribution in [1.29, 1.82) is 0 Å². The summed E-state index contributed by atoms with van der Waals surface area (Å²) in [5.41, 5.74) is 0. The van der Waals surface area contributed by atoms with Gasteiger partial charge in [0.2, 0.25) is 0 Å². The highest BCUT2D eigenvalue weighted by Gasteiger charge is 2.20. The maximum absolute atomic E-state index is 5.10. The van der Waals surface area contributed by atoms with E-state index in [1.807, 2.05) is 18.4 Å². The average molecular weight is 481 g/mol. The van der Waals surface area contributed by atoms with Gasteiger partial charge in [0.1, 0.15) is 0 Å². The highest BCUT2D eigenvalue weighted by molar-refractivity contribution is 14.0. The maximum atomic E-state index is 5.10. The number of aliphatic imine (C=N–C) groups is 1. The van der Waals surface area contributed by atoms with E-state index in [9.17, 15) is 0 Å². The Kier molecular flexibility index (Phi) is 11.4. The minimum atomic E-state index is 0. The summed E-state index contributed by atoms with van der Waals surface area (Å²) in [5, 5.41) is 10.5. The van der Waals surface area contributed by atoms with Gasteiger partial charge in [-0.2, -0.15) is 0 Å². The quantitative estimate of drug-likeness (QED) is 0.339. The first-order valence-electron chi connectivity index (χ1n) is 8.66. The third-order valence-electron chi connectivity index (χ3n) is 4.34. The van der Waals surface area contributed by atoms with E-state index in [-0.39, 0.29) is 24.0 Å². The van der Waals surface area contributed by atoms with Crippen LogP contribution in [0.15, 0.2) is 22.5 Å². The summed E-state index contributed by atoms with van der Waals surface area (Å²) < 4.78 is 5.10. The highest BCUT2D eigenvalue weighted by Crippen LogP contribution is 2.24. The summed E-state index contributed by atoms with van der Waals surface area (Å²) in [6.45, 7) is 5.79. The molecule has 0 aliphatic carbocycles. The van der Waals surface area contributed by atoms with Crippen LogP contribution in [0.3, 0.4) is 0 Å². The van der Waals surface area contributed by atoms with Crippen LogP contribution in [0.4, 0.5) is 5.00 Å². The zero-order valence-corrected chi connectivity index (χ0v) is 18.7. The third-order valence-corrected chi connectivity index (χ3v) is 5.27. The third kappa shape index (κ3) is 8.10. The van der Waals surface area contributed by atoms with E-state index in [1.54, 1.807) is 7.11 Å². The molecule has 0 unspecified atom stereocenters. The topological polar surface area (TPSA) is 52.1 Å². The van der Waals surface area contributed by atoms with Crippen molar-refractivity contribution in [3.05, 3.63) is 17.5 Å². The summed E-state index contributed by atoms with van der Waals surface area (Å²) in [6.07, 6.45) is 2.29. The van der Waals surface area contributed by atoms with E-state index in [0.717, 1.165) is 58.1 Å². The van der Waals surface area contributed by atoms with Crippen LogP contribution < -0.4 is 15.5 Å². The number of likely N-dealkylation sites (N-methyl/N-ethyl adjacent to an activating group) is 1. The Morgan fingerprint density at radius 3 is 2.76 bits per heavy atom. The van der Waals surface area contributed by atoms with Crippen molar-refractivity contribution < 1.29 is 4.74 Å². The lowest BCUT2D eigenvalue weighted by Crippen LogP contribution is -2.49. The molecule has 0 amide bonds. The molecule has 25 heavy (non-hydrogen) atoms. The number of nitrogens with zero attached hydrogens (tertiary/aromatic N) is 3. The molecule has 1 aromatic rings. The molecule has 2 rings (SSSR count). The second-order valence-corrected chi connectivity index (χ2v) is 7.08. The molecule has 6 nitrogen and oxygen atoms in total. The van der Waals surface area contributed by atoms with Gasteiger partial charge in [0.25, 0.3) is 0 Å². The summed E-state index contributed by atoms with van der Waals surface area (Å²) in [5.74, 6) is 0.907. The molecule has 1 fully saturated rings. The Morgan fingerprint density at radius 1 is 1.40 bits per heavy atom. The van der Waals surface area contributed by atoms with Gasteiger partial charge in [0, 0.05) is 52.9 Å². The Bertz CT molecular complexity index is 477. The number of hydrogen-bond donors (Lipinski definition) is 2. The molecule has 1 aliphatic heterocycles. The number of nitrogens with one attached hydrogen (secondary N) is 2. The van der Waals surface area contributed by atoms with Gasteiger partial charge in [-0.15, -0.1) is 35.3 Å². The molecule has 1 aromatic heterocycles. The minimum Gasteiger partial charge on any atom is -0.383 e. The van der Waals surface area contributed by atoms with Gasteiger partial charge >= 0.3 is 0 Å². The van der Waals surface area contributed by atoms with Crippen LogP contribution in [0, 0.1) is 0 Å². The van der Waals surface area contributed by atoms with Crippen molar-refractivity contribution >= 4 is 46.3 Å². The molecule has 8 heteroatoms. The van der Waals surface area contributed by atoms with Crippen molar-refractivity contribution in [2.24, 2.45) is 4.99 Å². The number of halogens is 1. The molecular formula is C17H32IN5OS. The smallest absolute Gasteiger partial charge is 0.191 e. The second-order valence-electron chi connectivity index (χ2n) is 6.15. The van der Waals surface area contributed by atoms with Gasteiger partial charge in [-0.1, -0.05) is 0 Å². The van der Waals surface area contributed by atoms with Crippen molar-refractivity contribution in [2.75, 3.05) is 65.4 Å². The van der Waals surface area contributed by atoms with Crippen LogP contribution in [-0.2, 0) is 4.74 Å². The molecule has 2 N–H and O–H groups in total. The van der Waals surface area contributed by atoms with E-state index < -0.39 is 0 Å². The van der Waals surface area contributed by atoms with Crippen molar-refractivity contribution in [1.82, 2.24) is 15.5 Å². The van der Waals surface area contributed by atoms with Crippen LogP contribution in [0.1, 0.15) is 12.8 Å². The maximum Gasteiger partial charge on any atom is 0.191 e. The van der Waals surface area contributed by atoms with Gasteiger partial charge < -0.3 is 25.2 Å². The van der Waals surface area contributed by atoms with Crippen molar-refractivity contribution in [3.63, 3.8) is 0 Å². The van der Waals surface area contributed by atoms with Gasteiger partial charge in [-0.05, 0) is 37.4 Å². The molecule has 0 aromatic carbocycles. The molecular weight excluding hydrogens is 449 g/mol. The van der Waals surface area contributed by atoms with Crippen molar-refractivity contribution in [2.45, 2.75) is 18.9 Å². The van der Waals surface area contributed by atoms with E-state index >= 15 is 0 Å². The summed E-state index contributed by atoms with van der Waals surface area (Å²) in [6, 6.07) is 4.83. The Balaban J connectivity index is 0.00000312. The highest BCUT2D eigenvalue weighted by atomic mass is 127. The number of thiophene rings is 1. The molecule has 0 saturated carbocycles. The predicted octanol–water partition coefficient (Wildman–Crippen LogP) is 2.08. The van der Waals surface area contributed by atoms with Crippen molar-refractivity contribution in [3.8, 4) is 0 Å². The second kappa shape index (κ2) is 12.7. The van der Waals surface area contributed by atoms with E-state index in [4.69, 9.17) is 4.74 Å². The van der Waals surface area contributed by atoms with Crippen LogP contribution in [0.2, 0.25) is 0 Å². The standard InChI is InChI=1S/C17H31N5OS.HI/c1-18-17(19-8-11-21(2)12-13-23-3)20-15-6-9-22(10-7-15)16-5-4-14-24-16;/h4-5,14-15H,6-13H2,1-3H3,(H2,18,19,20);1H. The molecule has 144 valence electrons. The van der Waals surface area contributed by atoms with Gasteiger partial charge in [-0.25, -0.2) is 0 Å². The number of hydrogen-bond acceptors (Lipinski definition) is 5. The molecule has 0 radical (unpaired) electrons. The molecule has 0 bridgehead atoms. The number of ether oxygens (including phenoxy) is 1.